The molecule has 0 atom stereocenters. The molecule has 98 valence electrons. The van der Waals surface area contributed by atoms with Gasteiger partial charge in [0.2, 0.25) is 0 Å². The highest BCUT2D eigenvalue weighted by molar-refractivity contribution is 5.94. The van der Waals surface area contributed by atoms with Gasteiger partial charge in [0, 0.05) is 12.1 Å². The van der Waals surface area contributed by atoms with E-state index in [2.05, 4.69) is 5.32 Å². The maximum Gasteiger partial charge on any atom is 0.311 e. The summed E-state index contributed by atoms with van der Waals surface area (Å²) in [5.74, 6) is -1.09. The summed E-state index contributed by atoms with van der Waals surface area (Å²) in [5, 5.41) is 12.0. The van der Waals surface area contributed by atoms with Gasteiger partial charge in [0.1, 0.15) is 0 Å². The van der Waals surface area contributed by atoms with Crippen LogP contribution in [0.3, 0.4) is 0 Å². The van der Waals surface area contributed by atoms with Crippen molar-refractivity contribution in [2.24, 2.45) is 5.41 Å². The minimum Gasteiger partial charge on any atom is -0.481 e. The van der Waals surface area contributed by atoms with E-state index in [9.17, 15) is 14.7 Å². The van der Waals surface area contributed by atoms with Crippen LogP contribution in [0.2, 0.25) is 0 Å². The molecule has 0 fully saturated rings. The van der Waals surface area contributed by atoms with Crippen LogP contribution in [0.5, 0.6) is 0 Å². The molecule has 4 nitrogen and oxygen atoms in total. The molecule has 1 rings (SSSR count). The van der Waals surface area contributed by atoms with Gasteiger partial charge in [-0.2, -0.15) is 0 Å². The van der Waals surface area contributed by atoms with E-state index in [-0.39, 0.29) is 12.5 Å². The molecular weight excluding hydrogens is 230 g/mol. The first-order valence-corrected chi connectivity index (χ1v) is 6.12. The molecule has 0 aliphatic heterocycles. The van der Waals surface area contributed by atoms with Crippen LogP contribution in [0.25, 0.3) is 0 Å². The summed E-state index contributed by atoms with van der Waals surface area (Å²) in [5.41, 5.74) is -0.325. The van der Waals surface area contributed by atoms with Crippen molar-refractivity contribution in [1.82, 2.24) is 5.32 Å². The third-order valence-corrected chi connectivity index (χ3v) is 3.43. The average molecular weight is 249 g/mol. The standard InChI is InChI=1S/C14H19NO3/c1-3-14(4-2,13(17)18)10-15-12(16)11-8-6-5-7-9-11/h5-9H,3-4,10H2,1-2H3,(H,15,16)(H,17,18). The average Bonchev–Trinajstić information content (AvgIpc) is 2.41. The van der Waals surface area contributed by atoms with Gasteiger partial charge in [-0.05, 0) is 25.0 Å². The fourth-order valence-electron chi connectivity index (χ4n) is 1.82. The second kappa shape index (κ2) is 6.19. The molecule has 0 heterocycles. The van der Waals surface area contributed by atoms with Crippen molar-refractivity contribution in [1.29, 1.82) is 0 Å². The van der Waals surface area contributed by atoms with E-state index in [1.807, 2.05) is 19.9 Å². The quantitative estimate of drug-likeness (QED) is 0.813. The van der Waals surface area contributed by atoms with E-state index in [1.54, 1.807) is 24.3 Å². The summed E-state index contributed by atoms with van der Waals surface area (Å²) >= 11 is 0. The Labute approximate surface area is 107 Å². The zero-order chi connectivity index (χ0) is 13.6. The SMILES string of the molecule is CCC(CC)(CNC(=O)c1ccccc1)C(=O)O. The van der Waals surface area contributed by atoms with Gasteiger partial charge >= 0.3 is 5.97 Å². The van der Waals surface area contributed by atoms with Crippen LogP contribution in [0.15, 0.2) is 30.3 Å². The minimum absolute atomic E-state index is 0.156. The maximum absolute atomic E-state index is 11.8. The van der Waals surface area contributed by atoms with Gasteiger partial charge in [0.05, 0.1) is 5.41 Å². The lowest BCUT2D eigenvalue weighted by Crippen LogP contribution is -2.42. The highest BCUT2D eigenvalue weighted by Gasteiger charge is 2.35. The fourth-order valence-corrected chi connectivity index (χ4v) is 1.82. The van der Waals surface area contributed by atoms with Crippen molar-refractivity contribution in [3.8, 4) is 0 Å². The zero-order valence-electron chi connectivity index (χ0n) is 10.8. The highest BCUT2D eigenvalue weighted by atomic mass is 16.4. The molecule has 0 bridgehead atoms. The third kappa shape index (κ3) is 3.09. The molecule has 1 aromatic carbocycles. The van der Waals surface area contributed by atoms with E-state index >= 15 is 0 Å². The Morgan fingerprint density at radius 3 is 2.17 bits per heavy atom. The number of amides is 1. The predicted octanol–water partition coefficient (Wildman–Crippen LogP) is 2.31. The van der Waals surface area contributed by atoms with Gasteiger partial charge in [-0.1, -0.05) is 32.0 Å². The summed E-state index contributed by atoms with van der Waals surface area (Å²) in [4.78, 5) is 23.1. The van der Waals surface area contributed by atoms with Gasteiger partial charge in [-0.3, -0.25) is 9.59 Å². The third-order valence-electron chi connectivity index (χ3n) is 3.43. The number of aliphatic carboxylic acids is 1. The molecule has 0 unspecified atom stereocenters. The Kier molecular flexibility index (Phi) is 4.89. The van der Waals surface area contributed by atoms with Crippen molar-refractivity contribution >= 4 is 11.9 Å². The summed E-state index contributed by atoms with van der Waals surface area (Å²) in [6.45, 7) is 3.81. The Bertz CT molecular complexity index is 410. The maximum atomic E-state index is 11.8. The molecule has 0 aliphatic carbocycles. The number of carboxylic acids is 1. The number of carboxylic acid groups (broad SMARTS) is 1. The highest BCUT2D eigenvalue weighted by Crippen LogP contribution is 2.25. The summed E-state index contributed by atoms with van der Waals surface area (Å²) in [6.07, 6.45) is 0.988. The largest absolute Gasteiger partial charge is 0.481 e. The van der Waals surface area contributed by atoms with Crippen LogP contribution >= 0.6 is 0 Å². The number of carbonyl (C=O) groups is 2. The molecule has 0 saturated carbocycles. The first-order valence-electron chi connectivity index (χ1n) is 6.12. The second-order valence-corrected chi connectivity index (χ2v) is 4.34. The van der Waals surface area contributed by atoms with Crippen LogP contribution in [-0.2, 0) is 4.79 Å². The predicted molar refractivity (Wildman–Crippen MR) is 69.4 cm³/mol. The van der Waals surface area contributed by atoms with Crippen LogP contribution in [0, 0.1) is 5.41 Å². The monoisotopic (exact) mass is 249 g/mol. The summed E-state index contributed by atoms with van der Waals surface area (Å²) in [7, 11) is 0. The lowest BCUT2D eigenvalue weighted by Gasteiger charge is -2.26. The van der Waals surface area contributed by atoms with E-state index in [0.29, 0.717) is 18.4 Å². The number of hydrogen-bond acceptors (Lipinski definition) is 2. The second-order valence-electron chi connectivity index (χ2n) is 4.34. The molecular formula is C14H19NO3. The smallest absolute Gasteiger partial charge is 0.311 e. The summed E-state index contributed by atoms with van der Waals surface area (Å²) in [6, 6.07) is 8.79. The van der Waals surface area contributed by atoms with Crippen molar-refractivity contribution in [2.45, 2.75) is 26.7 Å². The first-order chi connectivity index (χ1) is 8.55. The van der Waals surface area contributed by atoms with Crippen molar-refractivity contribution in [3.63, 3.8) is 0 Å². The Morgan fingerprint density at radius 1 is 1.17 bits per heavy atom. The topological polar surface area (TPSA) is 66.4 Å². The van der Waals surface area contributed by atoms with Gasteiger partial charge < -0.3 is 10.4 Å². The fraction of sp³-hybridized carbons (Fsp3) is 0.429. The number of carbonyl (C=O) groups excluding carboxylic acids is 1. The van der Waals surface area contributed by atoms with Crippen molar-refractivity contribution in [2.75, 3.05) is 6.54 Å². The Hall–Kier alpha value is -1.84. The number of nitrogens with one attached hydrogen (secondary N) is 1. The van der Waals surface area contributed by atoms with Gasteiger partial charge in [-0.15, -0.1) is 0 Å². The Balaban J connectivity index is 2.69. The molecule has 0 spiro atoms. The van der Waals surface area contributed by atoms with Gasteiger partial charge in [0.25, 0.3) is 5.91 Å². The zero-order valence-corrected chi connectivity index (χ0v) is 10.8. The van der Waals surface area contributed by atoms with Crippen LogP contribution in [-0.4, -0.2) is 23.5 Å². The van der Waals surface area contributed by atoms with Crippen LogP contribution in [0.4, 0.5) is 0 Å². The summed E-state index contributed by atoms with van der Waals surface area (Å²) < 4.78 is 0. The van der Waals surface area contributed by atoms with Crippen molar-refractivity contribution in [3.05, 3.63) is 35.9 Å². The minimum atomic E-state index is -0.871. The van der Waals surface area contributed by atoms with E-state index in [4.69, 9.17) is 0 Å². The molecule has 18 heavy (non-hydrogen) atoms. The molecule has 4 heteroatoms. The molecule has 0 aliphatic rings. The van der Waals surface area contributed by atoms with E-state index < -0.39 is 11.4 Å². The van der Waals surface area contributed by atoms with E-state index in [0.717, 1.165) is 0 Å². The first kappa shape index (κ1) is 14.2. The van der Waals surface area contributed by atoms with Crippen LogP contribution < -0.4 is 5.32 Å². The molecule has 0 aromatic heterocycles. The number of benzene rings is 1. The van der Waals surface area contributed by atoms with Crippen LogP contribution in [0.1, 0.15) is 37.0 Å². The molecule has 1 amide bonds. The lowest BCUT2D eigenvalue weighted by atomic mass is 9.82. The normalized spacial score (nSPS) is 11.0. The van der Waals surface area contributed by atoms with E-state index in [1.165, 1.54) is 0 Å². The van der Waals surface area contributed by atoms with Crippen molar-refractivity contribution < 1.29 is 14.7 Å². The molecule has 0 saturated heterocycles. The Morgan fingerprint density at radius 2 is 1.72 bits per heavy atom. The molecule has 2 N–H and O–H groups in total. The number of hydrogen-bond donors (Lipinski definition) is 2. The molecule has 1 aromatic rings. The lowest BCUT2D eigenvalue weighted by molar-refractivity contribution is -0.149. The van der Waals surface area contributed by atoms with Gasteiger partial charge in [0.15, 0.2) is 0 Å². The number of rotatable bonds is 6. The molecule has 0 radical (unpaired) electrons. The van der Waals surface area contributed by atoms with Gasteiger partial charge in [-0.25, -0.2) is 0 Å².